The number of fused-ring (bicyclic) bond motifs is 1. The number of hydrogen-bond acceptors (Lipinski definition) is 8. The summed E-state index contributed by atoms with van der Waals surface area (Å²) in [7, 11) is 1.47. The molecule has 2 atom stereocenters. The number of halogens is 1. The van der Waals surface area contributed by atoms with Crippen molar-refractivity contribution in [1.29, 1.82) is 5.26 Å². The Kier molecular flexibility index (Phi) is 9.24. The maximum absolute atomic E-state index is 14.0. The van der Waals surface area contributed by atoms with Gasteiger partial charge in [-0.25, -0.2) is 9.78 Å². The van der Waals surface area contributed by atoms with Gasteiger partial charge >= 0.3 is 5.97 Å². The van der Waals surface area contributed by atoms with Gasteiger partial charge in [-0.2, -0.15) is 5.26 Å². The number of benzene rings is 1. The molecule has 222 valence electrons. The molecule has 0 amide bonds. The third-order valence-electron chi connectivity index (χ3n) is 7.50. The molecule has 1 saturated heterocycles. The van der Waals surface area contributed by atoms with Crippen molar-refractivity contribution in [2.75, 3.05) is 20.3 Å². The molecule has 0 spiro atoms. The minimum absolute atomic E-state index is 0.0314. The molecule has 1 aliphatic heterocycles. The zero-order chi connectivity index (χ0) is 30.5. The molecule has 0 bridgehead atoms. The Morgan fingerprint density at radius 3 is 2.72 bits per heavy atom. The minimum atomic E-state index is -0.832. The topological polar surface area (TPSA) is 125 Å². The minimum Gasteiger partial charge on any atom is -0.495 e. The van der Waals surface area contributed by atoms with Crippen molar-refractivity contribution in [2.24, 2.45) is 0 Å². The van der Waals surface area contributed by atoms with Gasteiger partial charge in [0.1, 0.15) is 11.4 Å². The second-order valence-electron chi connectivity index (χ2n) is 10.3. The molecular formula is C32H31ClN4O6. The van der Waals surface area contributed by atoms with Crippen molar-refractivity contribution >= 4 is 29.0 Å². The summed E-state index contributed by atoms with van der Waals surface area (Å²) in [5, 5.41) is 10.1. The van der Waals surface area contributed by atoms with Crippen LogP contribution in [0.25, 0.3) is 16.8 Å². The summed E-state index contributed by atoms with van der Waals surface area (Å²) in [6, 6.07) is 11.0. The van der Waals surface area contributed by atoms with E-state index in [-0.39, 0.29) is 30.6 Å². The molecule has 43 heavy (non-hydrogen) atoms. The molecule has 1 aromatic carbocycles. The summed E-state index contributed by atoms with van der Waals surface area (Å²) >= 11 is 6.21. The number of hydrogen-bond donors (Lipinski definition) is 0. The number of ketones is 1. The molecular weight excluding hydrogens is 572 g/mol. The monoisotopic (exact) mass is 602 g/mol. The number of carbonyl (C=O) groups excluding carboxylic acids is 2. The number of nitriles is 1. The molecule has 0 saturated carbocycles. The first-order valence-corrected chi connectivity index (χ1v) is 14.5. The van der Waals surface area contributed by atoms with Crippen LogP contribution in [-0.2, 0) is 20.7 Å². The normalized spacial score (nSPS) is 15.5. The number of ether oxygens (including phenoxy) is 3. The number of aromatic nitrogens is 3. The first-order chi connectivity index (χ1) is 20.8. The highest BCUT2D eigenvalue weighted by Gasteiger charge is 2.29. The van der Waals surface area contributed by atoms with Crippen LogP contribution in [0.4, 0.5) is 0 Å². The highest BCUT2D eigenvalue weighted by atomic mass is 35.5. The van der Waals surface area contributed by atoms with E-state index in [1.807, 2.05) is 0 Å². The quantitative estimate of drug-likeness (QED) is 0.227. The van der Waals surface area contributed by atoms with Gasteiger partial charge in [-0.3, -0.25) is 9.59 Å². The highest BCUT2D eigenvalue weighted by molar-refractivity contribution is 6.31. The van der Waals surface area contributed by atoms with E-state index in [9.17, 15) is 19.6 Å². The number of nitrogens with zero attached hydrogens (tertiary/aromatic N) is 4. The molecule has 4 aromatic rings. The predicted octanol–water partition coefficient (Wildman–Crippen LogP) is 5.19. The molecule has 11 heteroatoms. The SMILES string of the molecule is CCOC(=O)c1cn2cc(CC(=O)C(C[C@@H]3CCCCO3)n3cc(OC)c(-c4cc(Cl)ccc4C#N)cc3=O)ccc2n1. The lowest BCUT2D eigenvalue weighted by molar-refractivity contribution is -0.123. The van der Waals surface area contributed by atoms with Crippen molar-refractivity contribution in [1.82, 2.24) is 14.0 Å². The second-order valence-corrected chi connectivity index (χ2v) is 10.8. The van der Waals surface area contributed by atoms with Crippen LogP contribution in [0.1, 0.15) is 60.3 Å². The van der Waals surface area contributed by atoms with Gasteiger partial charge in [-0.05, 0) is 56.0 Å². The first kappa shape index (κ1) is 30.0. The maximum atomic E-state index is 14.0. The zero-order valence-electron chi connectivity index (χ0n) is 23.9. The van der Waals surface area contributed by atoms with Gasteiger partial charge in [0.25, 0.3) is 5.56 Å². The molecule has 0 radical (unpaired) electrons. The van der Waals surface area contributed by atoms with Gasteiger partial charge in [0.15, 0.2) is 11.5 Å². The highest BCUT2D eigenvalue weighted by Crippen LogP contribution is 2.34. The summed E-state index contributed by atoms with van der Waals surface area (Å²) in [6.45, 7) is 2.57. The van der Waals surface area contributed by atoms with Crippen LogP contribution in [-0.4, -0.2) is 52.1 Å². The Balaban J connectivity index is 1.50. The first-order valence-electron chi connectivity index (χ1n) is 14.1. The standard InChI is InChI=1S/C32H31ClN4O6/c1-3-42-32(40)26-18-36-17-20(7-10-30(36)35-26)12-28(38)27(14-23-6-4-5-11-43-23)37-19-29(41-2)25(15-31(37)39)24-13-22(33)9-8-21(24)16-34/h7-10,13,15,17-19,23,27H,3-6,11-12,14H2,1-2H3/t23-,27?/m0/s1. The van der Waals surface area contributed by atoms with Gasteiger partial charge in [0.05, 0.1) is 43.7 Å². The van der Waals surface area contributed by atoms with Gasteiger partial charge in [0, 0.05) is 54.1 Å². The Morgan fingerprint density at radius 2 is 2.00 bits per heavy atom. The molecule has 1 aliphatic rings. The van der Waals surface area contributed by atoms with E-state index in [2.05, 4.69) is 11.1 Å². The van der Waals surface area contributed by atoms with Gasteiger partial charge in [-0.15, -0.1) is 0 Å². The zero-order valence-corrected chi connectivity index (χ0v) is 24.7. The van der Waals surface area contributed by atoms with Crippen LogP contribution in [0, 0.1) is 11.3 Å². The van der Waals surface area contributed by atoms with Gasteiger partial charge in [0.2, 0.25) is 0 Å². The van der Waals surface area contributed by atoms with Crippen molar-refractivity contribution in [3.8, 4) is 22.9 Å². The van der Waals surface area contributed by atoms with E-state index in [4.69, 9.17) is 25.8 Å². The van der Waals surface area contributed by atoms with Crippen molar-refractivity contribution in [2.45, 2.75) is 51.2 Å². The van der Waals surface area contributed by atoms with Gasteiger partial charge in [-0.1, -0.05) is 17.7 Å². The Bertz CT molecular complexity index is 1770. The molecule has 0 aliphatic carbocycles. The van der Waals surface area contributed by atoms with Gasteiger partial charge < -0.3 is 23.2 Å². The molecule has 5 rings (SSSR count). The molecule has 1 unspecified atom stereocenters. The molecule has 4 heterocycles. The Hall–Kier alpha value is -4.46. The third-order valence-corrected chi connectivity index (χ3v) is 7.73. The fraction of sp³-hybridized carbons (Fsp3) is 0.344. The molecule has 3 aromatic heterocycles. The summed E-state index contributed by atoms with van der Waals surface area (Å²) in [4.78, 5) is 44.0. The summed E-state index contributed by atoms with van der Waals surface area (Å²) in [5.74, 6) is -0.378. The van der Waals surface area contributed by atoms with Crippen molar-refractivity contribution in [3.63, 3.8) is 0 Å². The average molecular weight is 603 g/mol. The molecule has 0 N–H and O–H groups in total. The second kappa shape index (κ2) is 13.2. The van der Waals surface area contributed by atoms with E-state index >= 15 is 0 Å². The fourth-order valence-electron chi connectivity index (χ4n) is 5.39. The van der Waals surface area contributed by atoms with Crippen molar-refractivity contribution in [3.05, 3.63) is 87.2 Å². The molecule has 10 nitrogen and oxygen atoms in total. The van der Waals surface area contributed by atoms with E-state index in [0.29, 0.717) is 51.7 Å². The lowest BCUT2D eigenvalue weighted by Gasteiger charge is -2.28. The Labute approximate surface area is 253 Å². The number of esters is 1. The summed E-state index contributed by atoms with van der Waals surface area (Å²) < 4.78 is 19.7. The van der Waals surface area contributed by atoms with Crippen LogP contribution in [0.3, 0.4) is 0 Å². The number of rotatable bonds is 10. The lowest BCUT2D eigenvalue weighted by atomic mass is 9.95. The van der Waals surface area contributed by atoms with Crippen LogP contribution in [0.15, 0.2) is 59.8 Å². The van der Waals surface area contributed by atoms with Crippen LogP contribution in [0.5, 0.6) is 5.75 Å². The van der Waals surface area contributed by atoms with Crippen LogP contribution < -0.4 is 10.3 Å². The largest absolute Gasteiger partial charge is 0.495 e. The molecule has 1 fully saturated rings. The number of carbonyl (C=O) groups is 2. The predicted molar refractivity (Wildman–Crippen MR) is 160 cm³/mol. The van der Waals surface area contributed by atoms with E-state index < -0.39 is 17.6 Å². The maximum Gasteiger partial charge on any atom is 0.358 e. The van der Waals surface area contributed by atoms with Crippen LogP contribution in [0.2, 0.25) is 5.02 Å². The Morgan fingerprint density at radius 1 is 1.16 bits per heavy atom. The number of methoxy groups -OCH3 is 1. The smallest absolute Gasteiger partial charge is 0.358 e. The number of Topliss-reactive ketones (excluding diaryl/α,β-unsaturated/α-hetero) is 1. The van der Waals surface area contributed by atoms with Crippen LogP contribution >= 0.6 is 11.6 Å². The summed E-state index contributed by atoms with van der Waals surface area (Å²) in [5.41, 5.74) is 2.20. The van der Waals surface area contributed by atoms with E-state index in [1.54, 1.807) is 54.0 Å². The van der Waals surface area contributed by atoms with E-state index in [0.717, 1.165) is 19.3 Å². The number of imidazole rings is 1. The number of pyridine rings is 2. The van der Waals surface area contributed by atoms with Crippen molar-refractivity contribution < 1.29 is 23.8 Å². The summed E-state index contributed by atoms with van der Waals surface area (Å²) in [6.07, 6.45) is 7.73. The lowest BCUT2D eigenvalue weighted by Crippen LogP contribution is -2.34. The fourth-order valence-corrected chi connectivity index (χ4v) is 5.56. The average Bonchev–Trinajstić information content (AvgIpc) is 3.44. The third kappa shape index (κ3) is 6.63. The van der Waals surface area contributed by atoms with E-state index in [1.165, 1.54) is 23.9 Å².